The summed E-state index contributed by atoms with van der Waals surface area (Å²) in [7, 11) is 0. The van der Waals surface area contributed by atoms with Gasteiger partial charge >= 0.3 is 0 Å². The third-order valence-electron chi connectivity index (χ3n) is 5.20. The lowest BCUT2D eigenvalue weighted by Crippen LogP contribution is -2.38. The van der Waals surface area contributed by atoms with E-state index in [-0.39, 0.29) is 12.5 Å². The van der Waals surface area contributed by atoms with Crippen molar-refractivity contribution in [3.8, 4) is 0 Å². The molecule has 1 aromatic heterocycles. The molecule has 1 N–H and O–H groups in total. The number of hydrogen-bond donors (Lipinski definition) is 1. The largest absolute Gasteiger partial charge is 0.394 e. The molecule has 1 amide bonds. The van der Waals surface area contributed by atoms with E-state index in [1.54, 1.807) is 6.20 Å². The van der Waals surface area contributed by atoms with Gasteiger partial charge in [0.2, 0.25) is 5.91 Å². The van der Waals surface area contributed by atoms with Crippen LogP contribution in [0.3, 0.4) is 0 Å². The minimum Gasteiger partial charge on any atom is -0.394 e. The first-order chi connectivity index (χ1) is 12.2. The molecule has 1 fully saturated rings. The molecule has 0 saturated carbocycles. The van der Waals surface area contributed by atoms with Gasteiger partial charge in [-0.25, -0.2) is 0 Å². The third kappa shape index (κ3) is 4.28. The van der Waals surface area contributed by atoms with Crippen LogP contribution in [-0.2, 0) is 17.8 Å². The number of carbonyl (C=O) groups excluding carboxylic acids is 1. The van der Waals surface area contributed by atoms with Gasteiger partial charge in [-0.3, -0.25) is 9.48 Å². The Morgan fingerprint density at radius 2 is 2.00 bits per heavy atom. The maximum atomic E-state index is 12.5. The van der Waals surface area contributed by atoms with E-state index in [0.29, 0.717) is 18.9 Å². The quantitative estimate of drug-likeness (QED) is 0.878. The van der Waals surface area contributed by atoms with E-state index in [9.17, 15) is 4.79 Å². The second kappa shape index (κ2) is 8.30. The molecule has 0 bridgehead atoms. The van der Waals surface area contributed by atoms with Gasteiger partial charge in [0, 0.05) is 37.3 Å². The average Bonchev–Trinajstić information content (AvgIpc) is 3.09. The van der Waals surface area contributed by atoms with Crippen molar-refractivity contribution in [3.63, 3.8) is 0 Å². The number of benzene rings is 1. The smallest absolute Gasteiger partial charge is 0.222 e. The molecule has 0 spiro atoms. The van der Waals surface area contributed by atoms with Gasteiger partial charge in [0.1, 0.15) is 0 Å². The standard InChI is InChI=1S/C20H27N3O2/c1-16-4-2-3-5-17(16)6-7-20(25)22-12-9-18(10-13-22)19-8-11-21-23(19)14-15-24/h2-5,8,11,18,24H,6-7,9-10,12-15H2,1H3. The van der Waals surface area contributed by atoms with E-state index < -0.39 is 0 Å². The van der Waals surface area contributed by atoms with Crippen molar-refractivity contribution < 1.29 is 9.90 Å². The van der Waals surface area contributed by atoms with Crippen molar-refractivity contribution in [2.45, 2.75) is 45.1 Å². The summed E-state index contributed by atoms with van der Waals surface area (Å²) in [4.78, 5) is 14.5. The van der Waals surface area contributed by atoms with E-state index in [1.807, 2.05) is 27.8 Å². The summed E-state index contributed by atoms with van der Waals surface area (Å²) in [6.07, 6.45) is 5.12. The van der Waals surface area contributed by atoms with Gasteiger partial charge in [0.15, 0.2) is 0 Å². The number of aromatic nitrogens is 2. The first-order valence-electron chi connectivity index (χ1n) is 9.14. The molecule has 3 rings (SSSR count). The van der Waals surface area contributed by atoms with Crippen molar-refractivity contribution in [2.24, 2.45) is 0 Å². The number of likely N-dealkylation sites (tertiary alicyclic amines) is 1. The van der Waals surface area contributed by atoms with Crippen LogP contribution in [0.1, 0.15) is 42.0 Å². The van der Waals surface area contributed by atoms with E-state index in [1.165, 1.54) is 16.8 Å². The molecule has 5 nitrogen and oxygen atoms in total. The number of carbonyl (C=O) groups is 1. The summed E-state index contributed by atoms with van der Waals surface area (Å²) in [5.41, 5.74) is 3.70. The van der Waals surface area contributed by atoms with Gasteiger partial charge in [0.05, 0.1) is 13.2 Å². The minimum atomic E-state index is 0.102. The van der Waals surface area contributed by atoms with Crippen LogP contribution < -0.4 is 0 Å². The molecule has 134 valence electrons. The van der Waals surface area contributed by atoms with Crippen LogP contribution in [0.15, 0.2) is 36.5 Å². The monoisotopic (exact) mass is 341 g/mol. The Morgan fingerprint density at radius 1 is 1.24 bits per heavy atom. The first-order valence-corrected chi connectivity index (χ1v) is 9.14. The number of hydrogen-bond acceptors (Lipinski definition) is 3. The second-order valence-corrected chi connectivity index (χ2v) is 6.78. The zero-order chi connectivity index (χ0) is 17.6. The normalized spacial score (nSPS) is 15.5. The number of rotatable bonds is 6. The highest BCUT2D eigenvalue weighted by Crippen LogP contribution is 2.28. The lowest BCUT2D eigenvalue weighted by Gasteiger charge is -2.32. The van der Waals surface area contributed by atoms with E-state index in [4.69, 9.17) is 5.11 Å². The van der Waals surface area contributed by atoms with E-state index in [0.717, 1.165) is 32.4 Å². The molecule has 0 atom stereocenters. The van der Waals surface area contributed by atoms with Gasteiger partial charge in [-0.15, -0.1) is 0 Å². The Kier molecular flexibility index (Phi) is 5.87. The van der Waals surface area contributed by atoms with Crippen molar-refractivity contribution in [3.05, 3.63) is 53.3 Å². The molecule has 2 heterocycles. The van der Waals surface area contributed by atoms with Crippen molar-refractivity contribution in [1.29, 1.82) is 0 Å². The van der Waals surface area contributed by atoms with E-state index in [2.05, 4.69) is 24.2 Å². The fourth-order valence-electron chi connectivity index (χ4n) is 3.69. The van der Waals surface area contributed by atoms with Gasteiger partial charge in [-0.05, 0) is 43.4 Å². The Morgan fingerprint density at radius 3 is 2.72 bits per heavy atom. The zero-order valence-corrected chi connectivity index (χ0v) is 14.9. The molecule has 25 heavy (non-hydrogen) atoms. The second-order valence-electron chi connectivity index (χ2n) is 6.78. The molecule has 5 heteroatoms. The molecule has 1 aliphatic heterocycles. The summed E-state index contributed by atoms with van der Waals surface area (Å²) in [6, 6.07) is 10.3. The van der Waals surface area contributed by atoms with Gasteiger partial charge in [-0.1, -0.05) is 24.3 Å². The Labute approximate surface area is 149 Å². The Bertz CT molecular complexity index is 702. The molecule has 1 aromatic carbocycles. The van der Waals surface area contributed by atoms with Crippen LogP contribution >= 0.6 is 0 Å². The molecule has 1 aliphatic rings. The fourth-order valence-corrected chi connectivity index (χ4v) is 3.69. The lowest BCUT2D eigenvalue weighted by molar-refractivity contribution is -0.132. The summed E-state index contributed by atoms with van der Waals surface area (Å²) >= 11 is 0. The summed E-state index contributed by atoms with van der Waals surface area (Å²) in [6.45, 7) is 4.35. The Balaban J connectivity index is 1.51. The van der Waals surface area contributed by atoms with Gasteiger partial charge < -0.3 is 10.0 Å². The van der Waals surface area contributed by atoms with E-state index >= 15 is 0 Å². The maximum Gasteiger partial charge on any atom is 0.222 e. The maximum absolute atomic E-state index is 12.5. The number of nitrogens with zero attached hydrogens (tertiary/aromatic N) is 3. The molecule has 0 radical (unpaired) electrons. The molecule has 0 aliphatic carbocycles. The van der Waals surface area contributed by atoms with Crippen LogP contribution in [0.4, 0.5) is 0 Å². The highest BCUT2D eigenvalue weighted by atomic mass is 16.3. The summed E-state index contributed by atoms with van der Waals surface area (Å²) < 4.78 is 1.89. The van der Waals surface area contributed by atoms with Gasteiger partial charge in [-0.2, -0.15) is 5.10 Å². The molecule has 0 unspecified atom stereocenters. The van der Waals surface area contributed by atoms with Crippen LogP contribution in [0.5, 0.6) is 0 Å². The zero-order valence-electron chi connectivity index (χ0n) is 14.9. The number of aliphatic hydroxyl groups excluding tert-OH is 1. The highest BCUT2D eigenvalue weighted by Gasteiger charge is 2.25. The highest BCUT2D eigenvalue weighted by molar-refractivity contribution is 5.76. The molecular formula is C20H27N3O2. The van der Waals surface area contributed by atoms with Crippen LogP contribution in [0, 0.1) is 6.92 Å². The van der Waals surface area contributed by atoms with Crippen molar-refractivity contribution in [1.82, 2.24) is 14.7 Å². The first kappa shape index (κ1) is 17.7. The number of aryl methyl sites for hydroxylation is 2. The van der Waals surface area contributed by atoms with Crippen LogP contribution in [0.2, 0.25) is 0 Å². The number of aliphatic hydroxyl groups is 1. The lowest BCUT2D eigenvalue weighted by atomic mass is 9.93. The molecule has 2 aromatic rings. The fraction of sp³-hybridized carbons (Fsp3) is 0.500. The topological polar surface area (TPSA) is 58.4 Å². The van der Waals surface area contributed by atoms with Gasteiger partial charge in [0.25, 0.3) is 0 Å². The van der Waals surface area contributed by atoms with Crippen molar-refractivity contribution in [2.75, 3.05) is 19.7 Å². The van der Waals surface area contributed by atoms with Crippen LogP contribution in [0.25, 0.3) is 0 Å². The van der Waals surface area contributed by atoms with Crippen molar-refractivity contribution >= 4 is 5.91 Å². The molecule has 1 saturated heterocycles. The number of amides is 1. The van der Waals surface area contributed by atoms with Crippen LogP contribution in [-0.4, -0.2) is 45.4 Å². The third-order valence-corrected chi connectivity index (χ3v) is 5.20. The summed E-state index contributed by atoms with van der Waals surface area (Å²) in [5.74, 6) is 0.681. The molecular weight excluding hydrogens is 314 g/mol. The number of piperidine rings is 1. The Hall–Kier alpha value is -2.14. The average molecular weight is 341 g/mol. The predicted octanol–water partition coefficient (Wildman–Crippen LogP) is 2.52. The minimum absolute atomic E-state index is 0.102. The SMILES string of the molecule is Cc1ccccc1CCC(=O)N1CCC(c2ccnn2CCO)CC1. The summed E-state index contributed by atoms with van der Waals surface area (Å²) in [5, 5.41) is 13.4. The predicted molar refractivity (Wildman–Crippen MR) is 97.4 cm³/mol.